The van der Waals surface area contributed by atoms with E-state index in [2.05, 4.69) is 47.4 Å². The predicted octanol–water partition coefficient (Wildman–Crippen LogP) is 6.72. The third-order valence-electron chi connectivity index (χ3n) is 7.88. The molecule has 1 aliphatic heterocycles. The molecule has 1 spiro atoms. The maximum absolute atomic E-state index is 13.5. The van der Waals surface area contributed by atoms with Crippen LogP contribution in [0, 0.1) is 5.41 Å². The molecule has 3 heterocycles. The minimum Gasteiger partial charge on any atom is -0.461 e. The van der Waals surface area contributed by atoms with Crippen LogP contribution in [0.1, 0.15) is 68.9 Å². The average molecular weight is 520 g/mol. The Kier molecular flexibility index (Phi) is 6.57. The molecule has 0 amide bonds. The van der Waals surface area contributed by atoms with Crippen molar-refractivity contribution in [3.05, 3.63) is 87.2 Å². The molecule has 1 N–H and O–H groups in total. The second kappa shape index (κ2) is 9.56. The molecular formula is C30H34ClN3O3. The molecule has 7 heteroatoms. The SMILES string of the molecule is CC.CCOC(=O)c1cc2c(Cl)cn(-c3cccc(C4(C5=CCC=CN5C)CC5(CC5)C4)c3)c(=O)c2[nH]1. The summed E-state index contributed by atoms with van der Waals surface area (Å²) in [6.45, 7) is 5.99. The number of H-pyrrole nitrogens is 1. The highest BCUT2D eigenvalue weighted by Crippen LogP contribution is 2.71. The number of halogens is 1. The van der Waals surface area contributed by atoms with E-state index in [0.29, 0.717) is 21.3 Å². The van der Waals surface area contributed by atoms with Crippen LogP contribution in [0.3, 0.4) is 0 Å². The molecule has 194 valence electrons. The van der Waals surface area contributed by atoms with Gasteiger partial charge >= 0.3 is 5.97 Å². The maximum Gasteiger partial charge on any atom is 0.354 e. The van der Waals surface area contributed by atoms with Gasteiger partial charge in [0.25, 0.3) is 5.56 Å². The molecule has 0 bridgehead atoms. The van der Waals surface area contributed by atoms with Crippen molar-refractivity contribution < 1.29 is 9.53 Å². The molecule has 0 unspecified atom stereocenters. The molecule has 3 aliphatic rings. The Morgan fingerprint density at radius 2 is 1.95 bits per heavy atom. The Morgan fingerprint density at radius 3 is 2.62 bits per heavy atom. The van der Waals surface area contributed by atoms with Crippen LogP contribution in [0.5, 0.6) is 0 Å². The van der Waals surface area contributed by atoms with Crippen LogP contribution in [0.25, 0.3) is 16.6 Å². The molecule has 2 fully saturated rings. The fraction of sp³-hybridized carbons (Fsp3) is 0.400. The van der Waals surface area contributed by atoms with Crippen molar-refractivity contribution >= 4 is 28.5 Å². The van der Waals surface area contributed by atoms with Gasteiger partial charge in [0.2, 0.25) is 0 Å². The Labute approximate surface area is 222 Å². The van der Waals surface area contributed by atoms with Crippen molar-refractivity contribution in [3.8, 4) is 5.69 Å². The zero-order valence-corrected chi connectivity index (χ0v) is 22.7. The summed E-state index contributed by atoms with van der Waals surface area (Å²) in [5.74, 6) is -0.507. The maximum atomic E-state index is 13.5. The molecule has 37 heavy (non-hydrogen) atoms. The van der Waals surface area contributed by atoms with Gasteiger partial charge < -0.3 is 14.6 Å². The van der Waals surface area contributed by atoms with Crippen LogP contribution in [0.4, 0.5) is 0 Å². The summed E-state index contributed by atoms with van der Waals surface area (Å²) in [4.78, 5) is 30.9. The molecular weight excluding hydrogens is 486 g/mol. The number of benzene rings is 1. The van der Waals surface area contributed by atoms with Crippen molar-refractivity contribution in [1.29, 1.82) is 0 Å². The van der Waals surface area contributed by atoms with Crippen molar-refractivity contribution in [3.63, 3.8) is 0 Å². The molecule has 1 aromatic carbocycles. The minimum atomic E-state index is -0.507. The van der Waals surface area contributed by atoms with Crippen molar-refractivity contribution in [2.24, 2.45) is 5.41 Å². The first kappa shape index (κ1) is 25.4. The number of aromatic amines is 1. The van der Waals surface area contributed by atoms with Gasteiger partial charge in [-0.3, -0.25) is 9.36 Å². The van der Waals surface area contributed by atoms with Gasteiger partial charge in [-0.2, -0.15) is 0 Å². The zero-order valence-electron chi connectivity index (χ0n) is 21.9. The number of allylic oxidation sites excluding steroid dienone is 3. The van der Waals surface area contributed by atoms with Crippen molar-refractivity contribution in [2.75, 3.05) is 13.7 Å². The molecule has 0 saturated heterocycles. The predicted molar refractivity (Wildman–Crippen MR) is 148 cm³/mol. The molecule has 3 aromatic rings. The number of aromatic nitrogens is 2. The van der Waals surface area contributed by atoms with E-state index in [-0.39, 0.29) is 23.3 Å². The van der Waals surface area contributed by atoms with Crippen LogP contribution in [-0.2, 0) is 10.2 Å². The summed E-state index contributed by atoms with van der Waals surface area (Å²) >= 11 is 6.58. The first-order valence-corrected chi connectivity index (χ1v) is 13.6. The standard InChI is InChI=1S/C28H28ClN3O3.C2H6/c1-3-35-26(34)22-14-20-21(29)15-32(25(33)24(20)30-22)19-8-6-7-18(13-19)28(16-27(17-28)10-11-27)23-9-4-5-12-31(23)2;1-2/h5-9,12-15,30H,3-4,10-11,16-17H2,1-2H3;1-2H3. The lowest BCUT2D eigenvalue weighted by Gasteiger charge is -2.53. The lowest BCUT2D eigenvalue weighted by atomic mass is 9.54. The summed E-state index contributed by atoms with van der Waals surface area (Å²) in [6, 6.07) is 9.84. The van der Waals surface area contributed by atoms with Crippen LogP contribution < -0.4 is 5.56 Å². The number of likely N-dealkylation sites (N-methyl/N-ethyl adjacent to an activating group) is 1. The largest absolute Gasteiger partial charge is 0.461 e. The van der Waals surface area contributed by atoms with Crippen molar-refractivity contribution in [2.45, 2.75) is 58.3 Å². The first-order valence-electron chi connectivity index (χ1n) is 13.2. The number of ether oxygens (including phenoxy) is 1. The number of esters is 1. The summed E-state index contributed by atoms with van der Waals surface area (Å²) in [5, 5.41) is 0.908. The van der Waals surface area contributed by atoms with Gasteiger partial charge in [-0.15, -0.1) is 0 Å². The fourth-order valence-corrected chi connectivity index (χ4v) is 6.33. The Hall–Kier alpha value is -3.25. The number of carbonyl (C=O) groups excluding carboxylic acids is 1. The van der Waals surface area contributed by atoms with Gasteiger partial charge in [0, 0.05) is 35.4 Å². The topological polar surface area (TPSA) is 67.3 Å². The number of rotatable bonds is 5. The highest BCUT2D eigenvalue weighted by Gasteiger charge is 2.63. The lowest BCUT2D eigenvalue weighted by molar-refractivity contribution is 0.0520. The van der Waals surface area contributed by atoms with Gasteiger partial charge in [0.1, 0.15) is 11.2 Å². The van der Waals surface area contributed by atoms with Crippen LogP contribution in [0.15, 0.2) is 65.4 Å². The van der Waals surface area contributed by atoms with E-state index >= 15 is 0 Å². The number of pyridine rings is 1. The average Bonchev–Trinajstić information content (AvgIpc) is 3.55. The lowest BCUT2D eigenvalue weighted by Crippen LogP contribution is -2.48. The van der Waals surface area contributed by atoms with E-state index in [1.54, 1.807) is 23.8 Å². The smallest absolute Gasteiger partial charge is 0.354 e. The van der Waals surface area contributed by atoms with Crippen LogP contribution >= 0.6 is 11.6 Å². The summed E-state index contributed by atoms with van der Waals surface area (Å²) < 4.78 is 6.64. The number of carbonyl (C=O) groups is 1. The quantitative estimate of drug-likeness (QED) is 0.380. The number of nitrogens with zero attached hydrogens (tertiary/aromatic N) is 2. The van der Waals surface area contributed by atoms with Gasteiger partial charge in [-0.05, 0) is 74.4 Å². The highest BCUT2D eigenvalue weighted by molar-refractivity contribution is 6.35. The minimum absolute atomic E-state index is 0.0486. The Morgan fingerprint density at radius 1 is 1.19 bits per heavy atom. The summed E-state index contributed by atoms with van der Waals surface area (Å²) in [7, 11) is 2.12. The Balaban J connectivity index is 0.00000137. The molecule has 2 aromatic heterocycles. The van der Waals surface area contributed by atoms with E-state index in [9.17, 15) is 9.59 Å². The first-order chi connectivity index (χ1) is 17.9. The van der Waals surface area contributed by atoms with E-state index in [1.807, 2.05) is 26.0 Å². The normalized spacial score (nSPS) is 18.6. The molecule has 6 nitrogen and oxygen atoms in total. The van der Waals surface area contributed by atoms with Crippen LogP contribution in [0.2, 0.25) is 5.02 Å². The van der Waals surface area contributed by atoms with E-state index in [4.69, 9.17) is 16.3 Å². The number of hydrogen-bond donors (Lipinski definition) is 1. The van der Waals surface area contributed by atoms with Gasteiger partial charge in [0.15, 0.2) is 0 Å². The third kappa shape index (κ3) is 4.21. The van der Waals surface area contributed by atoms with E-state index in [0.717, 1.165) is 24.9 Å². The molecule has 6 rings (SSSR count). The molecule has 2 aliphatic carbocycles. The van der Waals surface area contributed by atoms with Gasteiger partial charge in [-0.25, -0.2) is 4.79 Å². The van der Waals surface area contributed by atoms with E-state index < -0.39 is 5.97 Å². The molecule has 0 radical (unpaired) electrons. The van der Waals surface area contributed by atoms with Gasteiger partial charge in [0.05, 0.1) is 11.6 Å². The second-order valence-corrected chi connectivity index (χ2v) is 10.6. The highest BCUT2D eigenvalue weighted by atomic mass is 35.5. The zero-order chi connectivity index (χ0) is 26.4. The Bertz CT molecular complexity index is 1470. The molecule has 0 atom stereocenters. The fourth-order valence-electron chi connectivity index (χ4n) is 6.09. The monoisotopic (exact) mass is 519 g/mol. The van der Waals surface area contributed by atoms with Crippen LogP contribution in [-0.4, -0.2) is 34.1 Å². The number of fused-ring (bicyclic) bond motifs is 1. The van der Waals surface area contributed by atoms with E-state index in [1.165, 1.54) is 24.1 Å². The summed E-state index contributed by atoms with van der Waals surface area (Å²) in [6.07, 6.45) is 14.1. The van der Waals surface area contributed by atoms with Crippen molar-refractivity contribution in [1.82, 2.24) is 14.5 Å². The number of nitrogens with one attached hydrogen (secondary N) is 1. The van der Waals surface area contributed by atoms with Gasteiger partial charge in [-0.1, -0.05) is 49.7 Å². The number of hydrogen-bond acceptors (Lipinski definition) is 4. The third-order valence-corrected chi connectivity index (χ3v) is 8.18. The molecule has 2 saturated carbocycles. The summed E-state index contributed by atoms with van der Waals surface area (Å²) in [5.41, 5.74) is 4.03. The second-order valence-electron chi connectivity index (χ2n) is 10.2.